The van der Waals surface area contributed by atoms with E-state index in [9.17, 15) is 10.1 Å². The summed E-state index contributed by atoms with van der Waals surface area (Å²) in [5.41, 5.74) is 0.328. The monoisotopic (exact) mass is 316 g/mol. The van der Waals surface area contributed by atoms with Crippen LogP contribution in [0.15, 0.2) is 24.3 Å². The van der Waals surface area contributed by atoms with E-state index in [1.165, 1.54) is 0 Å². The Kier molecular flexibility index (Phi) is 6.42. The summed E-state index contributed by atoms with van der Waals surface area (Å²) in [5.74, 6) is 0.769. The van der Waals surface area contributed by atoms with E-state index < -0.39 is 5.54 Å². The standard InChI is InChI=1S/C18H24N2O3/c1-2-11-23-16-6-3-15(4-7-16)5-8-17(21)20-18(14-19)9-12-22-13-10-18/h3-4,6-7H,2,5,8-13H2,1H3,(H,20,21). The summed E-state index contributed by atoms with van der Waals surface area (Å²) in [4.78, 5) is 12.1. The lowest BCUT2D eigenvalue weighted by molar-refractivity contribution is -0.123. The molecule has 1 aliphatic rings. The topological polar surface area (TPSA) is 71.3 Å². The molecule has 0 radical (unpaired) electrons. The van der Waals surface area contributed by atoms with Gasteiger partial charge in [0, 0.05) is 32.5 Å². The number of hydrogen-bond donors (Lipinski definition) is 1. The minimum absolute atomic E-state index is 0.0836. The number of carbonyl (C=O) groups excluding carboxylic acids is 1. The van der Waals surface area contributed by atoms with Gasteiger partial charge in [-0.2, -0.15) is 5.26 Å². The van der Waals surface area contributed by atoms with Crippen molar-refractivity contribution in [3.05, 3.63) is 29.8 Å². The third-order valence-corrected chi connectivity index (χ3v) is 3.98. The summed E-state index contributed by atoms with van der Waals surface area (Å²) < 4.78 is 10.8. The Morgan fingerprint density at radius 2 is 2.04 bits per heavy atom. The number of amides is 1. The summed E-state index contributed by atoms with van der Waals surface area (Å²) in [6.45, 7) is 3.82. The van der Waals surface area contributed by atoms with E-state index in [1.54, 1.807) is 0 Å². The molecule has 0 aliphatic carbocycles. The molecule has 1 N–H and O–H groups in total. The van der Waals surface area contributed by atoms with Gasteiger partial charge < -0.3 is 14.8 Å². The first-order valence-electron chi connectivity index (χ1n) is 8.19. The number of nitrogens with zero attached hydrogens (tertiary/aromatic N) is 1. The third-order valence-electron chi connectivity index (χ3n) is 3.98. The lowest BCUT2D eigenvalue weighted by atomic mass is 9.91. The fourth-order valence-corrected chi connectivity index (χ4v) is 2.54. The Bertz CT molecular complexity index is 542. The second-order valence-electron chi connectivity index (χ2n) is 5.85. The molecule has 5 nitrogen and oxygen atoms in total. The number of ether oxygens (including phenoxy) is 2. The maximum atomic E-state index is 12.1. The first-order chi connectivity index (χ1) is 11.2. The van der Waals surface area contributed by atoms with Gasteiger partial charge in [-0.15, -0.1) is 0 Å². The molecule has 0 saturated carbocycles. The molecule has 5 heteroatoms. The number of carbonyl (C=O) groups is 1. The smallest absolute Gasteiger partial charge is 0.221 e. The zero-order chi connectivity index (χ0) is 16.5. The van der Waals surface area contributed by atoms with Crippen LogP contribution in [-0.2, 0) is 16.0 Å². The first-order valence-corrected chi connectivity index (χ1v) is 8.19. The molecule has 0 spiro atoms. The van der Waals surface area contributed by atoms with Gasteiger partial charge in [-0.25, -0.2) is 0 Å². The number of nitriles is 1. The summed E-state index contributed by atoms with van der Waals surface area (Å²) in [5, 5.41) is 12.2. The maximum Gasteiger partial charge on any atom is 0.221 e. The Labute approximate surface area is 137 Å². The van der Waals surface area contributed by atoms with Crippen LogP contribution in [0.3, 0.4) is 0 Å². The van der Waals surface area contributed by atoms with Crippen LogP contribution in [0.4, 0.5) is 0 Å². The van der Waals surface area contributed by atoms with E-state index in [1.807, 2.05) is 24.3 Å². The van der Waals surface area contributed by atoms with Crippen LogP contribution >= 0.6 is 0 Å². The normalized spacial score (nSPS) is 16.3. The molecule has 1 aliphatic heterocycles. The Hall–Kier alpha value is -2.06. The van der Waals surface area contributed by atoms with Crippen LogP contribution in [0.5, 0.6) is 5.75 Å². The van der Waals surface area contributed by atoms with Gasteiger partial charge in [0.15, 0.2) is 0 Å². The lowest BCUT2D eigenvalue weighted by Crippen LogP contribution is -2.51. The van der Waals surface area contributed by atoms with Crippen molar-refractivity contribution in [2.75, 3.05) is 19.8 Å². The van der Waals surface area contributed by atoms with Gasteiger partial charge in [-0.05, 0) is 30.5 Å². The number of rotatable bonds is 7. The van der Waals surface area contributed by atoms with Gasteiger partial charge in [-0.3, -0.25) is 4.79 Å². The molecule has 0 atom stereocenters. The van der Waals surface area contributed by atoms with Crippen LogP contribution in [0, 0.1) is 11.3 Å². The molecule has 124 valence electrons. The lowest BCUT2D eigenvalue weighted by Gasteiger charge is -2.31. The van der Waals surface area contributed by atoms with Crippen molar-refractivity contribution in [1.29, 1.82) is 5.26 Å². The number of hydrogen-bond acceptors (Lipinski definition) is 4. The van der Waals surface area contributed by atoms with Crippen molar-refractivity contribution >= 4 is 5.91 Å². The maximum absolute atomic E-state index is 12.1. The summed E-state index contributed by atoms with van der Waals surface area (Å²) in [6, 6.07) is 10.1. The molecular weight excluding hydrogens is 292 g/mol. The molecule has 1 amide bonds. The average Bonchev–Trinajstić information content (AvgIpc) is 2.60. The highest BCUT2D eigenvalue weighted by molar-refractivity contribution is 5.77. The van der Waals surface area contributed by atoms with Crippen molar-refractivity contribution in [3.8, 4) is 11.8 Å². The van der Waals surface area contributed by atoms with Crippen LogP contribution in [-0.4, -0.2) is 31.3 Å². The molecule has 0 aromatic heterocycles. The number of aryl methyl sites for hydroxylation is 1. The van der Waals surface area contributed by atoms with E-state index >= 15 is 0 Å². The van der Waals surface area contributed by atoms with E-state index in [4.69, 9.17) is 9.47 Å². The van der Waals surface area contributed by atoms with Gasteiger partial charge >= 0.3 is 0 Å². The zero-order valence-electron chi connectivity index (χ0n) is 13.6. The molecule has 0 unspecified atom stereocenters. The molecule has 1 aromatic carbocycles. The highest BCUT2D eigenvalue weighted by Crippen LogP contribution is 2.20. The summed E-state index contributed by atoms with van der Waals surface area (Å²) >= 11 is 0. The molecule has 1 heterocycles. The molecule has 23 heavy (non-hydrogen) atoms. The number of benzene rings is 1. The third kappa shape index (κ3) is 5.26. The second-order valence-corrected chi connectivity index (χ2v) is 5.85. The SMILES string of the molecule is CCCOc1ccc(CCC(=O)NC2(C#N)CCOCC2)cc1. The van der Waals surface area contributed by atoms with Gasteiger partial charge in [0.1, 0.15) is 11.3 Å². The average molecular weight is 316 g/mol. The van der Waals surface area contributed by atoms with Gasteiger partial charge in [0.25, 0.3) is 0 Å². The number of nitrogens with one attached hydrogen (secondary N) is 1. The minimum Gasteiger partial charge on any atom is -0.494 e. The quantitative estimate of drug-likeness (QED) is 0.839. The van der Waals surface area contributed by atoms with Crippen LogP contribution in [0.2, 0.25) is 0 Å². The molecule has 1 aromatic rings. The van der Waals surface area contributed by atoms with Gasteiger partial charge in [0.05, 0.1) is 12.7 Å². The van der Waals surface area contributed by atoms with Crippen molar-refractivity contribution in [2.45, 2.75) is 44.6 Å². The predicted molar refractivity (Wildman–Crippen MR) is 87.1 cm³/mol. The fourth-order valence-electron chi connectivity index (χ4n) is 2.54. The highest BCUT2D eigenvalue weighted by atomic mass is 16.5. The second kappa shape index (κ2) is 8.54. The molecule has 1 saturated heterocycles. The van der Waals surface area contributed by atoms with Crippen molar-refractivity contribution in [1.82, 2.24) is 5.32 Å². The van der Waals surface area contributed by atoms with Gasteiger partial charge in [-0.1, -0.05) is 19.1 Å². The Morgan fingerprint density at radius 3 is 2.65 bits per heavy atom. The molecule has 0 bridgehead atoms. The largest absolute Gasteiger partial charge is 0.494 e. The van der Waals surface area contributed by atoms with Crippen molar-refractivity contribution in [2.24, 2.45) is 0 Å². The van der Waals surface area contributed by atoms with Crippen LogP contribution < -0.4 is 10.1 Å². The Balaban J connectivity index is 1.80. The molecule has 2 rings (SSSR count). The fraction of sp³-hybridized carbons (Fsp3) is 0.556. The molecular formula is C18H24N2O3. The minimum atomic E-state index is -0.757. The summed E-state index contributed by atoms with van der Waals surface area (Å²) in [6.07, 6.45) is 3.11. The predicted octanol–water partition coefficient (Wildman–Crippen LogP) is 2.60. The zero-order valence-corrected chi connectivity index (χ0v) is 13.6. The van der Waals surface area contributed by atoms with E-state index in [0.29, 0.717) is 45.5 Å². The van der Waals surface area contributed by atoms with E-state index in [-0.39, 0.29) is 5.91 Å². The van der Waals surface area contributed by atoms with Gasteiger partial charge in [0.2, 0.25) is 5.91 Å². The van der Waals surface area contributed by atoms with E-state index in [0.717, 1.165) is 17.7 Å². The van der Waals surface area contributed by atoms with Crippen molar-refractivity contribution < 1.29 is 14.3 Å². The van der Waals surface area contributed by atoms with Crippen molar-refractivity contribution in [3.63, 3.8) is 0 Å². The van der Waals surface area contributed by atoms with Crippen LogP contribution in [0.25, 0.3) is 0 Å². The van der Waals surface area contributed by atoms with Crippen LogP contribution in [0.1, 0.15) is 38.2 Å². The Morgan fingerprint density at radius 1 is 1.35 bits per heavy atom. The first kappa shape index (κ1) is 17.3. The summed E-state index contributed by atoms with van der Waals surface area (Å²) in [7, 11) is 0. The highest BCUT2D eigenvalue weighted by Gasteiger charge is 2.33. The van der Waals surface area contributed by atoms with E-state index in [2.05, 4.69) is 18.3 Å². The molecule has 1 fully saturated rings.